The standard InChI is InChI=1S/C17H27N3OS/c1-2-19-8-4-3-7-16(19)17(21)20-11-9-18(10-12-20)14-15-6-5-13-22-15/h5-6,13,16H,2-4,7-12,14H2,1H3/t16-/m0/s1. The van der Waals surface area contributed by atoms with Crippen LogP contribution in [-0.2, 0) is 11.3 Å². The van der Waals surface area contributed by atoms with Crippen LogP contribution in [0.25, 0.3) is 0 Å². The summed E-state index contributed by atoms with van der Waals surface area (Å²) in [6.07, 6.45) is 3.49. The fourth-order valence-corrected chi connectivity index (χ4v) is 4.36. The summed E-state index contributed by atoms with van der Waals surface area (Å²) >= 11 is 1.82. The van der Waals surface area contributed by atoms with Gasteiger partial charge < -0.3 is 4.90 Å². The summed E-state index contributed by atoms with van der Waals surface area (Å²) in [4.78, 5) is 21.2. The molecule has 1 amide bonds. The molecule has 0 aromatic carbocycles. The van der Waals surface area contributed by atoms with E-state index in [2.05, 4.69) is 39.1 Å². The van der Waals surface area contributed by atoms with Gasteiger partial charge in [0.1, 0.15) is 0 Å². The van der Waals surface area contributed by atoms with Gasteiger partial charge >= 0.3 is 0 Å². The second-order valence-electron chi connectivity index (χ2n) is 6.32. The molecule has 4 nitrogen and oxygen atoms in total. The molecule has 0 spiro atoms. The lowest BCUT2D eigenvalue weighted by Crippen LogP contribution is -2.55. The topological polar surface area (TPSA) is 26.8 Å². The highest BCUT2D eigenvalue weighted by molar-refractivity contribution is 7.09. The van der Waals surface area contributed by atoms with Crippen LogP contribution in [-0.4, -0.2) is 65.9 Å². The van der Waals surface area contributed by atoms with Crippen molar-refractivity contribution < 1.29 is 4.79 Å². The molecule has 1 aromatic rings. The largest absolute Gasteiger partial charge is 0.339 e. The Bertz CT molecular complexity index is 468. The predicted molar refractivity (Wildman–Crippen MR) is 91.1 cm³/mol. The number of hydrogen-bond acceptors (Lipinski definition) is 4. The van der Waals surface area contributed by atoms with Crippen molar-refractivity contribution in [1.29, 1.82) is 0 Å². The third kappa shape index (κ3) is 3.70. The molecular weight excluding hydrogens is 294 g/mol. The number of piperidine rings is 1. The van der Waals surface area contributed by atoms with Gasteiger partial charge in [0.15, 0.2) is 0 Å². The molecule has 5 heteroatoms. The maximum absolute atomic E-state index is 12.8. The summed E-state index contributed by atoms with van der Waals surface area (Å²) in [6.45, 7) is 9.07. The molecule has 0 N–H and O–H groups in total. The average molecular weight is 321 g/mol. The van der Waals surface area contributed by atoms with Crippen LogP contribution in [0.5, 0.6) is 0 Å². The van der Waals surface area contributed by atoms with Crippen molar-refractivity contribution in [2.45, 2.75) is 38.8 Å². The third-order valence-corrected chi connectivity index (χ3v) is 5.81. The first kappa shape index (κ1) is 16.0. The smallest absolute Gasteiger partial charge is 0.240 e. The second kappa shape index (κ2) is 7.57. The van der Waals surface area contributed by atoms with Gasteiger partial charge in [0.25, 0.3) is 0 Å². The van der Waals surface area contributed by atoms with Gasteiger partial charge in [-0.15, -0.1) is 11.3 Å². The fourth-order valence-electron chi connectivity index (χ4n) is 3.61. The van der Waals surface area contributed by atoms with Gasteiger partial charge in [0.2, 0.25) is 5.91 Å². The molecule has 2 saturated heterocycles. The van der Waals surface area contributed by atoms with Crippen molar-refractivity contribution in [3.8, 4) is 0 Å². The Morgan fingerprint density at radius 1 is 1.23 bits per heavy atom. The SMILES string of the molecule is CCN1CCCC[C@H]1C(=O)N1CCN(Cc2cccs2)CC1. The van der Waals surface area contributed by atoms with E-state index < -0.39 is 0 Å². The number of piperazine rings is 1. The fraction of sp³-hybridized carbons (Fsp3) is 0.706. The number of amides is 1. The van der Waals surface area contributed by atoms with Crippen molar-refractivity contribution in [3.63, 3.8) is 0 Å². The minimum atomic E-state index is 0.141. The highest BCUT2D eigenvalue weighted by atomic mass is 32.1. The molecular formula is C17H27N3OS. The van der Waals surface area contributed by atoms with E-state index in [1.165, 1.54) is 17.7 Å². The monoisotopic (exact) mass is 321 g/mol. The molecule has 0 bridgehead atoms. The normalized spacial score (nSPS) is 24.6. The molecule has 2 aliphatic heterocycles. The summed E-state index contributed by atoms with van der Waals surface area (Å²) in [5.74, 6) is 0.373. The third-order valence-electron chi connectivity index (χ3n) is 4.95. The van der Waals surface area contributed by atoms with Crippen molar-refractivity contribution in [1.82, 2.24) is 14.7 Å². The Labute approximate surface area is 137 Å². The number of carbonyl (C=O) groups is 1. The average Bonchev–Trinajstić information content (AvgIpc) is 3.08. The molecule has 3 rings (SSSR count). The zero-order chi connectivity index (χ0) is 15.4. The van der Waals surface area contributed by atoms with Gasteiger partial charge in [-0.05, 0) is 37.4 Å². The van der Waals surface area contributed by atoms with Gasteiger partial charge in [-0.3, -0.25) is 14.6 Å². The zero-order valence-electron chi connectivity index (χ0n) is 13.5. The van der Waals surface area contributed by atoms with E-state index in [1.54, 1.807) is 0 Å². The maximum Gasteiger partial charge on any atom is 0.240 e. The number of thiophene rings is 1. The highest BCUT2D eigenvalue weighted by Crippen LogP contribution is 2.20. The van der Waals surface area contributed by atoms with Crippen molar-refractivity contribution in [2.75, 3.05) is 39.3 Å². The Kier molecular flexibility index (Phi) is 5.50. The summed E-state index contributed by atoms with van der Waals surface area (Å²) in [5.41, 5.74) is 0. The van der Waals surface area contributed by atoms with Gasteiger partial charge in [-0.1, -0.05) is 19.4 Å². The summed E-state index contributed by atoms with van der Waals surface area (Å²) in [6, 6.07) is 4.45. The first-order chi connectivity index (χ1) is 10.8. The molecule has 2 fully saturated rings. The van der Waals surface area contributed by atoms with Crippen LogP contribution in [0.1, 0.15) is 31.1 Å². The van der Waals surface area contributed by atoms with Gasteiger partial charge in [0, 0.05) is 37.6 Å². The molecule has 1 aromatic heterocycles. The number of carbonyl (C=O) groups excluding carboxylic acids is 1. The van der Waals surface area contributed by atoms with Crippen molar-refractivity contribution in [3.05, 3.63) is 22.4 Å². The number of hydrogen-bond donors (Lipinski definition) is 0. The lowest BCUT2D eigenvalue weighted by Gasteiger charge is -2.40. The van der Waals surface area contributed by atoms with Crippen molar-refractivity contribution >= 4 is 17.2 Å². The highest BCUT2D eigenvalue weighted by Gasteiger charge is 2.32. The summed E-state index contributed by atoms with van der Waals surface area (Å²) in [5, 5.41) is 2.14. The Hall–Kier alpha value is -0.910. The lowest BCUT2D eigenvalue weighted by atomic mass is 10.0. The Morgan fingerprint density at radius 2 is 2.05 bits per heavy atom. The number of nitrogens with zero attached hydrogens (tertiary/aromatic N) is 3. The van der Waals surface area contributed by atoms with Gasteiger partial charge in [-0.2, -0.15) is 0 Å². The lowest BCUT2D eigenvalue weighted by molar-refractivity contribution is -0.140. The van der Waals surface area contributed by atoms with Gasteiger partial charge in [0.05, 0.1) is 6.04 Å². The number of rotatable bonds is 4. The van der Waals surface area contributed by atoms with Crippen LogP contribution in [0.2, 0.25) is 0 Å². The van der Waals surface area contributed by atoms with Crippen LogP contribution in [0, 0.1) is 0 Å². The van der Waals surface area contributed by atoms with Gasteiger partial charge in [-0.25, -0.2) is 0 Å². The van der Waals surface area contributed by atoms with E-state index in [0.29, 0.717) is 5.91 Å². The quantitative estimate of drug-likeness (QED) is 0.851. The molecule has 122 valence electrons. The molecule has 0 aliphatic carbocycles. The zero-order valence-corrected chi connectivity index (χ0v) is 14.4. The molecule has 22 heavy (non-hydrogen) atoms. The molecule has 0 unspecified atom stereocenters. The number of likely N-dealkylation sites (N-methyl/N-ethyl adjacent to an activating group) is 1. The van der Waals surface area contributed by atoms with E-state index in [-0.39, 0.29) is 6.04 Å². The molecule has 0 radical (unpaired) electrons. The van der Waals surface area contributed by atoms with E-state index in [0.717, 1.165) is 52.2 Å². The van der Waals surface area contributed by atoms with Crippen molar-refractivity contribution in [2.24, 2.45) is 0 Å². The molecule has 1 atom stereocenters. The molecule has 2 aliphatic rings. The second-order valence-corrected chi connectivity index (χ2v) is 7.35. The molecule has 0 saturated carbocycles. The van der Waals surface area contributed by atoms with E-state index in [9.17, 15) is 4.79 Å². The first-order valence-corrected chi connectivity index (χ1v) is 9.43. The Balaban J connectivity index is 1.51. The van der Waals surface area contributed by atoms with Crippen LogP contribution < -0.4 is 0 Å². The van der Waals surface area contributed by atoms with Crippen LogP contribution >= 0.6 is 11.3 Å². The van der Waals surface area contributed by atoms with Crippen LogP contribution in [0.3, 0.4) is 0 Å². The minimum Gasteiger partial charge on any atom is -0.339 e. The number of likely N-dealkylation sites (tertiary alicyclic amines) is 1. The van der Waals surface area contributed by atoms with E-state index >= 15 is 0 Å². The molecule has 3 heterocycles. The van der Waals surface area contributed by atoms with E-state index in [1.807, 2.05) is 11.3 Å². The van der Waals surface area contributed by atoms with Crippen LogP contribution in [0.4, 0.5) is 0 Å². The summed E-state index contributed by atoms with van der Waals surface area (Å²) in [7, 11) is 0. The Morgan fingerprint density at radius 3 is 2.73 bits per heavy atom. The van der Waals surface area contributed by atoms with Crippen LogP contribution in [0.15, 0.2) is 17.5 Å². The predicted octanol–water partition coefficient (Wildman–Crippen LogP) is 2.27. The summed E-state index contributed by atoms with van der Waals surface area (Å²) < 4.78 is 0. The van der Waals surface area contributed by atoms with E-state index in [4.69, 9.17) is 0 Å². The maximum atomic E-state index is 12.8. The minimum absolute atomic E-state index is 0.141. The first-order valence-electron chi connectivity index (χ1n) is 8.55.